The smallest absolute Gasteiger partial charge is 0.232 e. The second-order valence-corrected chi connectivity index (χ2v) is 5.54. The summed E-state index contributed by atoms with van der Waals surface area (Å²) in [5.41, 5.74) is 0.690. The van der Waals surface area contributed by atoms with Crippen LogP contribution in [0.3, 0.4) is 0 Å². The van der Waals surface area contributed by atoms with Gasteiger partial charge < -0.3 is 5.32 Å². The molecule has 0 aromatic heterocycles. The molecule has 1 aliphatic carbocycles. The van der Waals surface area contributed by atoms with Crippen LogP contribution in [0.2, 0.25) is 0 Å². The lowest BCUT2D eigenvalue weighted by Crippen LogP contribution is -2.20. The van der Waals surface area contributed by atoms with Crippen LogP contribution in [-0.2, 0) is 4.79 Å². The lowest BCUT2D eigenvalue weighted by Gasteiger charge is -2.20. The molecule has 0 radical (unpaired) electrons. The Hall–Kier alpha value is -1.45. The number of rotatable bonds is 1. The Morgan fingerprint density at radius 2 is 1.74 bits per heavy atom. The Morgan fingerprint density at radius 1 is 1.05 bits per heavy atom. The van der Waals surface area contributed by atoms with E-state index in [0.29, 0.717) is 5.56 Å². The number of hydrogen-bond donors (Lipinski definition) is 1. The quantitative estimate of drug-likeness (QED) is 0.765. The maximum atomic E-state index is 13.7. The van der Waals surface area contributed by atoms with Crippen LogP contribution in [0.5, 0.6) is 0 Å². The number of carbonyl (C=O) groups is 1. The summed E-state index contributed by atoms with van der Waals surface area (Å²) in [4.78, 5) is 12.1. The number of anilines is 1. The molecule has 1 N–H and O–H groups in total. The molecule has 3 rings (SSSR count). The number of amides is 1. The van der Waals surface area contributed by atoms with Gasteiger partial charge in [-0.1, -0.05) is 31.7 Å². The van der Waals surface area contributed by atoms with Crippen molar-refractivity contribution < 1.29 is 13.6 Å². The highest BCUT2D eigenvalue weighted by molar-refractivity contribution is 6.03. The van der Waals surface area contributed by atoms with Crippen molar-refractivity contribution in [3.8, 4) is 0 Å². The van der Waals surface area contributed by atoms with Crippen LogP contribution in [0.25, 0.3) is 0 Å². The fourth-order valence-corrected chi connectivity index (χ4v) is 3.41. The van der Waals surface area contributed by atoms with E-state index in [2.05, 4.69) is 5.32 Å². The van der Waals surface area contributed by atoms with Gasteiger partial charge in [0.05, 0.1) is 11.6 Å². The molecule has 1 aromatic rings. The van der Waals surface area contributed by atoms with E-state index >= 15 is 0 Å². The molecule has 1 aromatic carbocycles. The topological polar surface area (TPSA) is 29.1 Å². The van der Waals surface area contributed by atoms with E-state index in [1.807, 2.05) is 0 Å². The van der Waals surface area contributed by atoms with Gasteiger partial charge in [-0.2, -0.15) is 0 Å². The van der Waals surface area contributed by atoms with Crippen molar-refractivity contribution in [1.29, 1.82) is 0 Å². The van der Waals surface area contributed by atoms with Crippen LogP contribution in [0, 0.1) is 17.6 Å². The third-order valence-corrected chi connectivity index (χ3v) is 4.36. The summed E-state index contributed by atoms with van der Waals surface area (Å²) in [6.07, 6.45) is 6.64. The second-order valence-electron chi connectivity index (χ2n) is 5.54. The summed E-state index contributed by atoms with van der Waals surface area (Å²) in [6.45, 7) is 0. The van der Waals surface area contributed by atoms with E-state index in [4.69, 9.17) is 0 Å². The average Bonchev–Trinajstić information content (AvgIpc) is 2.59. The molecule has 2 nitrogen and oxygen atoms in total. The molecule has 1 aliphatic heterocycles. The fraction of sp³-hybridized carbons (Fsp3) is 0.533. The van der Waals surface area contributed by atoms with Gasteiger partial charge in [-0.25, -0.2) is 8.78 Å². The molecule has 1 fully saturated rings. The first-order chi connectivity index (χ1) is 9.18. The average molecular weight is 265 g/mol. The molecular formula is C15H17F2NO. The van der Waals surface area contributed by atoms with Gasteiger partial charge in [-0.15, -0.1) is 0 Å². The summed E-state index contributed by atoms with van der Waals surface area (Å²) in [6, 6.07) is 2.68. The second kappa shape index (κ2) is 4.91. The first-order valence-electron chi connectivity index (χ1n) is 6.97. The van der Waals surface area contributed by atoms with Gasteiger partial charge in [0, 0.05) is 0 Å². The standard InChI is InChI=1S/C15H17F2NO/c16-11-8-7-10-12(9-5-3-1-2-4-6-9)15(19)18-14(10)13(11)17/h7-9,12H,1-6H2,(H,18,19). The molecule has 19 heavy (non-hydrogen) atoms. The molecule has 0 saturated heterocycles. The van der Waals surface area contributed by atoms with Crippen LogP contribution in [0.1, 0.15) is 50.0 Å². The summed E-state index contributed by atoms with van der Waals surface area (Å²) < 4.78 is 26.9. The molecule has 1 unspecified atom stereocenters. The van der Waals surface area contributed by atoms with Crippen molar-refractivity contribution in [2.75, 3.05) is 5.32 Å². The molecule has 1 amide bonds. The van der Waals surface area contributed by atoms with Crippen molar-refractivity contribution in [3.05, 3.63) is 29.3 Å². The zero-order valence-corrected chi connectivity index (χ0v) is 10.7. The van der Waals surface area contributed by atoms with Gasteiger partial charge in [-0.05, 0) is 30.4 Å². The minimum atomic E-state index is -0.929. The summed E-state index contributed by atoms with van der Waals surface area (Å²) >= 11 is 0. The molecule has 2 aliphatic rings. The van der Waals surface area contributed by atoms with Crippen molar-refractivity contribution in [2.45, 2.75) is 44.4 Å². The van der Waals surface area contributed by atoms with Gasteiger partial charge in [0.2, 0.25) is 5.91 Å². The molecule has 4 heteroatoms. The maximum absolute atomic E-state index is 13.7. The number of benzene rings is 1. The van der Waals surface area contributed by atoms with E-state index in [9.17, 15) is 13.6 Å². The van der Waals surface area contributed by atoms with Crippen LogP contribution in [0.15, 0.2) is 12.1 Å². The Kier molecular flexibility index (Phi) is 3.25. The highest BCUT2D eigenvalue weighted by Crippen LogP contribution is 2.43. The van der Waals surface area contributed by atoms with Crippen molar-refractivity contribution in [2.24, 2.45) is 5.92 Å². The van der Waals surface area contributed by atoms with Gasteiger partial charge in [-0.3, -0.25) is 4.79 Å². The molecule has 1 atom stereocenters. The van der Waals surface area contributed by atoms with Crippen molar-refractivity contribution >= 4 is 11.6 Å². The Bertz CT molecular complexity index is 507. The number of fused-ring (bicyclic) bond motifs is 1. The number of halogens is 2. The van der Waals surface area contributed by atoms with Crippen LogP contribution < -0.4 is 5.32 Å². The van der Waals surface area contributed by atoms with Gasteiger partial charge >= 0.3 is 0 Å². The first-order valence-corrected chi connectivity index (χ1v) is 6.97. The zero-order chi connectivity index (χ0) is 13.4. The minimum absolute atomic E-state index is 0.0549. The highest BCUT2D eigenvalue weighted by atomic mass is 19.2. The van der Waals surface area contributed by atoms with Crippen LogP contribution >= 0.6 is 0 Å². The largest absolute Gasteiger partial charge is 0.323 e. The number of hydrogen-bond acceptors (Lipinski definition) is 1. The third kappa shape index (κ3) is 2.13. The van der Waals surface area contributed by atoms with Gasteiger partial charge in [0.25, 0.3) is 0 Å². The van der Waals surface area contributed by atoms with E-state index < -0.39 is 11.6 Å². The molecule has 1 saturated carbocycles. The lowest BCUT2D eigenvalue weighted by molar-refractivity contribution is -0.118. The van der Waals surface area contributed by atoms with Gasteiger partial charge in [0.1, 0.15) is 0 Å². The third-order valence-electron chi connectivity index (χ3n) is 4.36. The summed E-state index contributed by atoms with van der Waals surface area (Å²) in [5.74, 6) is -2.05. The minimum Gasteiger partial charge on any atom is -0.323 e. The molecular weight excluding hydrogens is 248 g/mol. The van der Waals surface area contributed by atoms with Crippen LogP contribution in [-0.4, -0.2) is 5.91 Å². The first kappa shape index (κ1) is 12.6. The van der Waals surface area contributed by atoms with E-state index in [1.165, 1.54) is 12.8 Å². The van der Waals surface area contributed by atoms with Crippen molar-refractivity contribution in [3.63, 3.8) is 0 Å². The van der Waals surface area contributed by atoms with E-state index in [0.717, 1.165) is 31.7 Å². The van der Waals surface area contributed by atoms with Gasteiger partial charge in [0.15, 0.2) is 11.6 Å². The fourth-order valence-electron chi connectivity index (χ4n) is 3.41. The highest BCUT2D eigenvalue weighted by Gasteiger charge is 2.38. The van der Waals surface area contributed by atoms with E-state index in [1.54, 1.807) is 6.07 Å². The molecule has 102 valence electrons. The van der Waals surface area contributed by atoms with Crippen LogP contribution in [0.4, 0.5) is 14.5 Å². The number of carbonyl (C=O) groups excluding carboxylic acids is 1. The summed E-state index contributed by atoms with van der Waals surface area (Å²) in [5, 5.41) is 2.52. The predicted octanol–water partition coefficient (Wildman–Crippen LogP) is 3.97. The normalized spacial score (nSPS) is 23.9. The predicted molar refractivity (Wildman–Crippen MR) is 68.9 cm³/mol. The molecule has 1 heterocycles. The Labute approximate surface area is 111 Å². The number of nitrogens with one attached hydrogen (secondary N) is 1. The van der Waals surface area contributed by atoms with Crippen molar-refractivity contribution in [1.82, 2.24) is 0 Å². The lowest BCUT2D eigenvalue weighted by atomic mass is 9.82. The monoisotopic (exact) mass is 265 g/mol. The SMILES string of the molecule is O=C1Nc2c(ccc(F)c2F)C1C1CCCCCC1. The Balaban J connectivity index is 1.96. The summed E-state index contributed by atoms with van der Waals surface area (Å²) in [7, 11) is 0. The van der Waals surface area contributed by atoms with E-state index in [-0.39, 0.29) is 23.4 Å². The zero-order valence-electron chi connectivity index (χ0n) is 10.7. The maximum Gasteiger partial charge on any atom is 0.232 e. The molecule has 0 spiro atoms. The Morgan fingerprint density at radius 3 is 2.42 bits per heavy atom. The molecule has 0 bridgehead atoms.